The molecule has 3 N–H and O–H groups in total. The van der Waals surface area contributed by atoms with Gasteiger partial charge in [-0.15, -0.1) is 0 Å². The van der Waals surface area contributed by atoms with Crippen molar-refractivity contribution in [3.8, 4) is 5.75 Å². The van der Waals surface area contributed by atoms with Crippen molar-refractivity contribution < 1.29 is 14.3 Å². The fourth-order valence-electron chi connectivity index (χ4n) is 1.67. The first kappa shape index (κ1) is 12.4. The molecule has 0 spiro atoms. The summed E-state index contributed by atoms with van der Waals surface area (Å²) in [7, 11) is 1.46. The SMILES string of the molecule is COc1ccc(NC(=O)C2(C)CC2)cc1C(N)=O. The second-order valence-corrected chi connectivity index (χ2v) is 4.79. The molecule has 1 aromatic rings. The Morgan fingerprint density at radius 1 is 1.39 bits per heavy atom. The first-order chi connectivity index (χ1) is 8.46. The fraction of sp³-hybridized carbons (Fsp3) is 0.385. The normalized spacial score (nSPS) is 15.9. The number of anilines is 1. The molecule has 1 saturated carbocycles. The van der Waals surface area contributed by atoms with Crippen LogP contribution in [0.25, 0.3) is 0 Å². The molecule has 0 saturated heterocycles. The maximum atomic E-state index is 11.9. The summed E-state index contributed by atoms with van der Waals surface area (Å²) in [6.07, 6.45) is 1.80. The van der Waals surface area contributed by atoms with Gasteiger partial charge < -0.3 is 15.8 Å². The number of nitrogens with one attached hydrogen (secondary N) is 1. The Morgan fingerprint density at radius 2 is 2.06 bits per heavy atom. The van der Waals surface area contributed by atoms with Gasteiger partial charge in [-0.1, -0.05) is 6.92 Å². The molecule has 2 rings (SSSR count). The highest BCUT2D eigenvalue weighted by Gasteiger charge is 2.44. The lowest BCUT2D eigenvalue weighted by atomic mass is 10.1. The summed E-state index contributed by atoms with van der Waals surface area (Å²) in [5, 5.41) is 2.79. The van der Waals surface area contributed by atoms with E-state index in [2.05, 4.69) is 5.32 Å². The number of nitrogens with two attached hydrogens (primary N) is 1. The van der Waals surface area contributed by atoms with Gasteiger partial charge in [0.25, 0.3) is 5.91 Å². The van der Waals surface area contributed by atoms with E-state index in [1.165, 1.54) is 13.2 Å². The maximum Gasteiger partial charge on any atom is 0.252 e. The molecule has 1 aliphatic carbocycles. The van der Waals surface area contributed by atoms with Gasteiger partial charge in [0.15, 0.2) is 0 Å². The zero-order valence-corrected chi connectivity index (χ0v) is 10.4. The van der Waals surface area contributed by atoms with E-state index in [1.807, 2.05) is 6.92 Å². The molecule has 0 aromatic heterocycles. The average Bonchev–Trinajstić information content (AvgIpc) is 3.08. The molecule has 18 heavy (non-hydrogen) atoms. The zero-order valence-electron chi connectivity index (χ0n) is 10.4. The van der Waals surface area contributed by atoms with Gasteiger partial charge in [-0.3, -0.25) is 9.59 Å². The molecule has 0 unspecified atom stereocenters. The van der Waals surface area contributed by atoms with E-state index in [1.54, 1.807) is 12.1 Å². The van der Waals surface area contributed by atoms with Crippen LogP contribution >= 0.6 is 0 Å². The van der Waals surface area contributed by atoms with Crippen LogP contribution in [0.3, 0.4) is 0 Å². The highest BCUT2D eigenvalue weighted by atomic mass is 16.5. The van der Waals surface area contributed by atoms with Crippen molar-refractivity contribution >= 4 is 17.5 Å². The molecule has 2 amide bonds. The Balaban J connectivity index is 2.21. The number of carbonyl (C=O) groups excluding carboxylic acids is 2. The van der Waals surface area contributed by atoms with Crippen LogP contribution in [0.4, 0.5) is 5.69 Å². The van der Waals surface area contributed by atoms with Crippen LogP contribution in [0.5, 0.6) is 5.75 Å². The number of ether oxygens (including phenoxy) is 1. The first-order valence-electron chi connectivity index (χ1n) is 5.75. The van der Waals surface area contributed by atoms with Gasteiger partial charge in [0.05, 0.1) is 12.7 Å². The lowest BCUT2D eigenvalue weighted by Crippen LogP contribution is -2.22. The third kappa shape index (κ3) is 2.30. The topological polar surface area (TPSA) is 81.4 Å². The molecule has 1 fully saturated rings. The van der Waals surface area contributed by atoms with Crippen LogP contribution in [0.1, 0.15) is 30.1 Å². The molecule has 0 aliphatic heterocycles. The predicted molar refractivity (Wildman–Crippen MR) is 67.5 cm³/mol. The lowest BCUT2D eigenvalue weighted by Gasteiger charge is -2.12. The summed E-state index contributed by atoms with van der Waals surface area (Å²) in [4.78, 5) is 23.1. The third-order valence-electron chi connectivity index (χ3n) is 3.27. The van der Waals surface area contributed by atoms with Crippen molar-refractivity contribution in [3.63, 3.8) is 0 Å². The largest absolute Gasteiger partial charge is 0.496 e. The maximum absolute atomic E-state index is 11.9. The van der Waals surface area contributed by atoms with E-state index in [0.717, 1.165) is 12.8 Å². The standard InChI is InChI=1S/C13H16N2O3/c1-13(5-6-13)12(17)15-8-3-4-10(18-2)9(7-8)11(14)16/h3-4,7H,5-6H2,1-2H3,(H2,14,16)(H,15,17). The highest BCUT2D eigenvalue weighted by molar-refractivity contribution is 6.00. The second kappa shape index (κ2) is 4.33. The average molecular weight is 248 g/mol. The quantitative estimate of drug-likeness (QED) is 0.847. The number of amides is 2. The van der Waals surface area contributed by atoms with Gasteiger partial charge in [0.2, 0.25) is 5.91 Å². The van der Waals surface area contributed by atoms with Gasteiger partial charge >= 0.3 is 0 Å². The molecule has 5 nitrogen and oxygen atoms in total. The number of benzene rings is 1. The molecule has 5 heteroatoms. The molecule has 96 valence electrons. The molecular formula is C13H16N2O3. The van der Waals surface area contributed by atoms with Gasteiger partial charge in [-0.05, 0) is 31.0 Å². The van der Waals surface area contributed by atoms with E-state index in [4.69, 9.17) is 10.5 Å². The Labute approximate surface area is 105 Å². The molecule has 1 aromatic carbocycles. The first-order valence-corrected chi connectivity index (χ1v) is 5.75. The monoisotopic (exact) mass is 248 g/mol. The Morgan fingerprint density at radius 3 is 2.56 bits per heavy atom. The summed E-state index contributed by atoms with van der Waals surface area (Å²) in [6, 6.07) is 4.84. The summed E-state index contributed by atoms with van der Waals surface area (Å²) in [5.74, 6) is -0.207. The van der Waals surface area contributed by atoms with Crippen LogP contribution in [-0.4, -0.2) is 18.9 Å². The fourth-order valence-corrected chi connectivity index (χ4v) is 1.67. The van der Waals surface area contributed by atoms with Crippen LogP contribution < -0.4 is 15.8 Å². The minimum Gasteiger partial charge on any atom is -0.496 e. The van der Waals surface area contributed by atoms with Crippen molar-refractivity contribution in [2.24, 2.45) is 11.1 Å². The van der Waals surface area contributed by atoms with Crippen molar-refractivity contribution in [2.45, 2.75) is 19.8 Å². The van der Waals surface area contributed by atoms with E-state index in [0.29, 0.717) is 11.4 Å². The van der Waals surface area contributed by atoms with Gasteiger partial charge in [-0.25, -0.2) is 0 Å². The smallest absolute Gasteiger partial charge is 0.252 e. The molecule has 1 aliphatic rings. The van der Waals surface area contributed by atoms with E-state index < -0.39 is 5.91 Å². The molecular weight excluding hydrogens is 232 g/mol. The summed E-state index contributed by atoms with van der Waals surface area (Å²) < 4.78 is 5.03. The van der Waals surface area contributed by atoms with Crippen molar-refractivity contribution in [3.05, 3.63) is 23.8 Å². The Hall–Kier alpha value is -2.04. The van der Waals surface area contributed by atoms with Crippen LogP contribution in [0, 0.1) is 5.41 Å². The second-order valence-electron chi connectivity index (χ2n) is 4.79. The molecule has 0 heterocycles. The van der Waals surface area contributed by atoms with E-state index >= 15 is 0 Å². The molecule has 0 atom stereocenters. The molecule has 0 radical (unpaired) electrons. The van der Waals surface area contributed by atoms with E-state index in [-0.39, 0.29) is 16.9 Å². The third-order valence-corrected chi connectivity index (χ3v) is 3.27. The van der Waals surface area contributed by atoms with Crippen molar-refractivity contribution in [1.29, 1.82) is 0 Å². The number of hydrogen-bond donors (Lipinski definition) is 2. The van der Waals surface area contributed by atoms with E-state index in [9.17, 15) is 9.59 Å². The van der Waals surface area contributed by atoms with Crippen LogP contribution in [0.15, 0.2) is 18.2 Å². The van der Waals surface area contributed by atoms with Gasteiger partial charge in [0, 0.05) is 11.1 Å². The lowest BCUT2D eigenvalue weighted by molar-refractivity contribution is -0.120. The summed E-state index contributed by atoms with van der Waals surface area (Å²) in [5.41, 5.74) is 5.82. The number of primary amides is 1. The van der Waals surface area contributed by atoms with Crippen LogP contribution in [0.2, 0.25) is 0 Å². The predicted octanol–water partition coefficient (Wildman–Crippen LogP) is 1.53. The van der Waals surface area contributed by atoms with Crippen molar-refractivity contribution in [2.75, 3.05) is 12.4 Å². The number of rotatable bonds is 4. The van der Waals surface area contributed by atoms with Crippen LogP contribution in [-0.2, 0) is 4.79 Å². The van der Waals surface area contributed by atoms with Gasteiger partial charge in [-0.2, -0.15) is 0 Å². The number of hydrogen-bond acceptors (Lipinski definition) is 3. The number of carbonyl (C=O) groups is 2. The Kier molecular flexibility index (Phi) is 2.98. The van der Waals surface area contributed by atoms with Crippen molar-refractivity contribution in [1.82, 2.24) is 0 Å². The zero-order chi connectivity index (χ0) is 13.3. The minimum atomic E-state index is -0.583. The Bertz CT molecular complexity index is 507. The highest BCUT2D eigenvalue weighted by Crippen LogP contribution is 2.45. The van der Waals surface area contributed by atoms with Gasteiger partial charge in [0.1, 0.15) is 5.75 Å². The summed E-state index contributed by atoms with van der Waals surface area (Å²) in [6.45, 7) is 1.92. The molecule has 0 bridgehead atoms. The number of methoxy groups -OCH3 is 1. The summed E-state index contributed by atoms with van der Waals surface area (Å²) >= 11 is 0. The minimum absolute atomic E-state index is 0.0249.